The van der Waals surface area contributed by atoms with Crippen molar-refractivity contribution < 1.29 is 18.8 Å². The van der Waals surface area contributed by atoms with Crippen LogP contribution in [0.4, 0.5) is 0 Å². The fourth-order valence-corrected chi connectivity index (χ4v) is 3.74. The molecular formula is C22H29N3O4. The lowest BCUT2D eigenvalue weighted by Crippen LogP contribution is -2.40. The van der Waals surface area contributed by atoms with E-state index >= 15 is 0 Å². The van der Waals surface area contributed by atoms with Crippen LogP contribution >= 0.6 is 0 Å². The molecule has 0 unspecified atom stereocenters. The van der Waals surface area contributed by atoms with Gasteiger partial charge in [-0.15, -0.1) is 0 Å². The van der Waals surface area contributed by atoms with Crippen LogP contribution in [0.5, 0.6) is 0 Å². The first kappa shape index (κ1) is 20.9. The molecule has 1 fully saturated rings. The number of carbonyl (C=O) groups excluding carboxylic acids is 2. The molecule has 0 saturated carbocycles. The van der Waals surface area contributed by atoms with E-state index < -0.39 is 12.1 Å². The van der Waals surface area contributed by atoms with Gasteiger partial charge in [0, 0.05) is 36.6 Å². The summed E-state index contributed by atoms with van der Waals surface area (Å²) in [5.74, 6) is 0.795. The number of likely N-dealkylation sites (tertiary alicyclic amines) is 1. The van der Waals surface area contributed by atoms with E-state index in [2.05, 4.69) is 5.16 Å². The van der Waals surface area contributed by atoms with E-state index in [9.17, 15) is 9.59 Å². The molecule has 1 aliphatic heterocycles. The Morgan fingerprint density at radius 1 is 1.14 bits per heavy atom. The van der Waals surface area contributed by atoms with Crippen molar-refractivity contribution in [3.63, 3.8) is 0 Å². The minimum atomic E-state index is -0.782. The molecule has 0 spiro atoms. The number of amides is 1. The number of hydrogen-bond acceptors (Lipinski definition) is 5. The molecule has 3 heterocycles. The van der Waals surface area contributed by atoms with Crippen molar-refractivity contribution in [3.05, 3.63) is 40.9 Å². The molecule has 7 nitrogen and oxygen atoms in total. The van der Waals surface area contributed by atoms with Gasteiger partial charge in [0.1, 0.15) is 5.76 Å². The molecule has 2 aromatic heterocycles. The Balaban J connectivity index is 1.64. The van der Waals surface area contributed by atoms with Crippen LogP contribution in [0.1, 0.15) is 55.3 Å². The predicted octanol–water partition coefficient (Wildman–Crippen LogP) is 3.74. The van der Waals surface area contributed by atoms with Crippen LogP contribution in [-0.2, 0) is 14.3 Å². The SMILES string of the molecule is Cc1cc(-n2c(C)cc(/C=C/C(=O)O[C@H](C)C(=O)N3CCCCCC3)c2C)no1. The zero-order valence-electron chi connectivity index (χ0n) is 17.6. The fourth-order valence-electron chi connectivity index (χ4n) is 3.74. The van der Waals surface area contributed by atoms with Crippen molar-refractivity contribution in [2.45, 2.75) is 59.5 Å². The van der Waals surface area contributed by atoms with Crippen LogP contribution in [0, 0.1) is 20.8 Å². The third-order valence-electron chi connectivity index (χ3n) is 5.27. The van der Waals surface area contributed by atoms with Gasteiger partial charge >= 0.3 is 5.97 Å². The maximum absolute atomic E-state index is 12.5. The Kier molecular flexibility index (Phi) is 6.56. The quantitative estimate of drug-likeness (QED) is 0.565. The summed E-state index contributed by atoms with van der Waals surface area (Å²) in [6.45, 7) is 8.88. The summed E-state index contributed by atoms with van der Waals surface area (Å²) in [6.07, 6.45) is 6.60. The maximum Gasteiger partial charge on any atom is 0.331 e. The summed E-state index contributed by atoms with van der Waals surface area (Å²) in [5, 5.41) is 4.06. The summed E-state index contributed by atoms with van der Waals surface area (Å²) in [7, 11) is 0. The molecule has 29 heavy (non-hydrogen) atoms. The van der Waals surface area contributed by atoms with Gasteiger partial charge in [0.25, 0.3) is 5.91 Å². The van der Waals surface area contributed by atoms with Gasteiger partial charge in [-0.05, 0) is 58.2 Å². The van der Waals surface area contributed by atoms with Crippen molar-refractivity contribution >= 4 is 18.0 Å². The second-order valence-electron chi connectivity index (χ2n) is 7.61. The molecule has 1 aliphatic rings. The number of aromatic nitrogens is 2. The van der Waals surface area contributed by atoms with Crippen molar-refractivity contribution in [2.75, 3.05) is 13.1 Å². The average Bonchev–Trinajstić information content (AvgIpc) is 3.09. The average molecular weight is 399 g/mol. The van der Waals surface area contributed by atoms with E-state index in [0.717, 1.165) is 61.5 Å². The molecule has 1 atom stereocenters. The van der Waals surface area contributed by atoms with Gasteiger partial charge < -0.3 is 14.2 Å². The smallest absolute Gasteiger partial charge is 0.331 e. The van der Waals surface area contributed by atoms with E-state index in [4.69, 9.17) is 9.26 Å². The highest BCUT2D eigenvalue weighted by atomic mass is 16.5. The number of nitrogens with zero attached hydrogens (tertiary/aromatic N) is 3. The Bertz CT molecular complexity index is 901. The van der Waals surface area contributed by atoms with E-state index in [1.165, 1.54) is 6.08 Å². The minimum absolute atomic E-state index is 0.117. The van der Waals surface area contributed by atoms with Crippen LogP contribution in [0.25, 0.3) is 11.9 Å². The highest BCUT2D eigenvalue weighted by Gasteiger charge is 2.23. The zero-order valence-corrected chi connectivity index (χ0v) is 17.6. The molecule has 3 rings (SSSR count). The van der Waals surface area contributed by atoms with Gasteiger partial charge in [-0.2, -0.15) is 0 Å². The number of carbonyl (C=O) groups is 2. The van der Waals surface area contributed by atoms with Crippen LogP contribution in [0.3, 0.4) is 0 Å². The molecule has 2 aromatic rings. The van der Waals surface area contributed by atoms with E-state index in [0.29, 0.717) is 5.82 Å². The largest absolute Gasteiger partial charge is 0.449 e. The lowest BCUT2D eigenvalue weighted by molar-refractivity contribution is -0.155. The van der Waals surface area contributed by atoms with Gasteiger partial charge in [0.15, 0.2) is 11.9 Å². The maximum atomic E-state index is 12.5. The Labute approximate surface area is 171 Å². The minimum Gasteiger partial charge on any atom is -0.449 e. The molecule has 0 aliphatic carbocycles. The van der Waals surface area contributed by atoms with Crippen LogP contribution in [0.2, 0.25) is 0 Å². The molecule has 0 bridgehead atoms. The lowest BCUT2D eigenvalue weighted by Gasteiger charge is -2.23. The van der Waals surface area contributed by atoms with Crippen LogP contribution < -0.4 is 0 Å². The first-order valence-corrected chi connectivity index (χ1v) is 10.2. The Morgan fingerprint density at radius 2 is 1.83 bits per heavy atom. The zero-order chi connectivity index (χ0) is 21.0. The van der Waals surface area contributed by atoms with E-state index in [-0.39, 0.29) is 5.91 Å². The number of aryl methyl sites for hydroxylation is 2. The number of rotatable bonds is 5. The van der Waals surface area contributed by atoms with E-state index in [1.807, 2.05) is 42.4 Å². The Morgan fingerprint density at radius 3 is 2.45 bits per heavy atom. The van der Waals surface area contributed by atoms with Crippen LogP contribution in [0.15, 0.2) is 22.7 Å². The Hall–Kier alpha value is -2.83. The topological polar surface area (TPSA) is 77.6 Å². The third kappa shape index (κ3) is 4.96. The number of esters is 1. The molecule has 0 radical (unpaired) electrons. The molecule has 0 N–H and O–H groups in total. The van der Waals surface area contributed by atoms with Gasteiger partial charge in [0.05, 0.1) is 0 Å². The van der Waals surface area contributed by atoms with Gasteiger partial charge in [-0.25, -0.2) is 4.79 Å². The summed E-state index contributed by atoms with van der Waals surface area (Å²) in [4.78, 5) is 26.6. The summed E-state index contributed by atoms with van der Waals surface area (Å²) < 4.78 is 12.5. The molecule has 0 aromatic carbocycles. The standard InChI is InChI=1S/C22H29N3O4/c1-15-13-19(17(3)25(15)20-14-16(2)29-23-20)9-10-21(26)28-18(4)22(27)24-11-7-5-6-8-12-24/h9-10,13-14,18H,5-8,11-12H2,1-4H3/b10-9+/t18-/m1/s1. The molecular weight excluding hydrogens is 370 g/mol. The molecule has 7 heteroatoms. The second-order valence-corrected chi connectivity index (χ2v) is 7.61. The first-order chi connectivity index (χ1) is 13.9. The molecule has 156 valence electrons. The van der Waals surface area contributed by atoms with Crippen molar-refractivity contribution in [3.8, 4) is 5.82 Å². The van der Waals surface area contributed by atoms with Crippen molar-refractivity contribution in [1.82, 2.24) is 14.6 Å². The highest BCUT2D eigenvalue weighted by molar-refractivity contribution is 5.90. The third-order valence-corrected chi connectivity index (χ3v) is 5.27. The second kappa shape index (κ2) is 9.11. The molecule has 1 saturated heterocycles. The highest BCUT2D eigenvalue weighted by Crippen LogP contribution is 2.21. The van der Waals surface area contributed by atoms with Crippen LogP contribution in [-0.4, -0.2) is 45.7 Å². The lowest BCUT2D eigenvalue weighted by atomic mass is 10.2. The summed E-state index contributed by atoms with van der Waals surface area (Å²) >= 11 is 0. The van der Waals surface area contributed by atoms with E-state index in [1.54, 1.807) is 13.0 Å². The number of hydrogen-bond donors (Lipinski definition) is 0. The van der Waals surface area contributed by atoms with Crippen molar-refractivity contribution in [2.24, 2.45) is 0 Å². The fraction of sp³-hybridized carbons (Fsp3) is 0.500. The summed E-state index contributed by atoms with van der Waals surface area (Å²) in [5.41, 5.74) is 2.80. The van der Waals surface area contributed by atoms with Gasteiger partial charge in [0.2, 0.25) is 0 Å². The van der Waals surface area contributed by atoms with Gasteiger partial charge in [-0.1, -0.05) is 18.0 Å². The monoisotopic (exact) mass is 399 g/mol. The first-order valence-electron chi connectivity index (χ1n) is 10.2. The summed E-state index contributed by atoms with van der Waals surface area (Å²) in [6, 6.07) is 3.83. The molecule has 1 amide bonds. The number of ether oxygens (including phenoxy) is 1. The van der Waals surface area contributed by atoms with Gasteiger partial charge in [-0.3, -0.25) is 9.36 Å². The van der Waals surface area contributed by atoms with Crippen molar-refractivity contribution in [1.29, 1.82) is 0 Å². The predicted molar refractivity (Wildman–Crippen MR) is 110 cm³/mol. The normalized spacial score (nSPS) is 16.1.